The monoisotopic (exact) mass is 278 g/mol. The lowest BCUT2D eigenvalue weighted by Gasteiger charge is -1.98. The van der Waals surface area contributed by atoms with E-state index < -0.39 is 4.92 Å². The van der Waals surface area contributed by atoms with Gasteiger partial charge in [-0.1, -0.05) is 30.4 Å². The van der Waals surface area contributed by atoms with Crippen LogP contribution in [-0.4, -0.2) is 21.7 Å². The summed E-state index contributed by atoms with van der Waals surface area (Å²) in [5, 5.41) is 23.7. The summed E-state index contributed by atoms with van der Waals surface area (Å²) < 4.78 is 0. The first-order valence-electron chi connectivity index (χ1n) is 5.99. The maximum atomic E-state index is 11.0. The van der Waals surface area contributed by atoms with Crippen LogP contribution in [0.2, 0.25) is 0 Å². The molecule has 1 heterocycles. The van der Waals surface area contributed by atoms with Crippen LogP contribution in [0.1, 0.15) is 18.4 Å². The summed E-state index contributed by atoms with van der Waals surface area (Å²) in [5.74, 6) is 0. The number of hydrogen-bond acceptors (Lipinski definition) is 6. The van der Waals surface area contributed by atoms with Gasteiger partial charge in [0.05, 0.1) is 10.5 Å². The molecule has 2 aromatic rings. The highest BCUT2D eigenvalue weighted by atomic mass is 32.1. The Morgan fingerprint density at radius 2 is 2.16 bits per heavy atom. The zero-order chi connectivity index (χ0) is 13.7. The van der Waals surface area contributed by atoms with Gasteiger partial charge in [-0.3, -0.25) is 10.1 Å². The van der Waals surface area contributed by atoms with Crippen LogP contribution in [0.15, 0.2) is 24.3 Å². The van der Waals surface area contributed by atoms with E-state index in [4.69, 9.17) is 0 Å². The van der Waals surface area contributed by atoms with Gasteiger partial charge in [0.2, 0.25) is 0 Å². The second-order valence-corrected chi connectivity index (χ2v) is 5.01. The molecule has 19 heavy (non-hydrogen) atoms. The average molecular weight is 278 g/mol. The highest BCUT2D eigenvalue weighted by Gasteiger charge is 2.17. The van der Waals surface area contributed by atoms with E-state index in [1.54, 1.807) is 18.2 Å². The Bertz CT molecular complexity index is 570. The Balaban J connectivity index is 2.21. The molecule has 7 heteroatoms. The summed E-state index contributed by atoms with van der Waals surface area (Å²) in [6.07, 6.45) is 1.05. The number of aromatic nitrogens is 2. The van der Waals surface area contributed by atoms with Gasteiger partial charge in [-0.15, -0.1) is 10.2 Å². The van der Waals surface area contributed by atoms with Crippen LogP contribution in [-0.2, 0) is 6.54 Å². The third kappa shape index (κ3) is 3.33. The zero-order valence-electron chi connectivity index (χ0n) is 10.5. The number of nitrogens with one attached hydrogen (secondary N) is 1. The predicted octanol–water partition coefficient (Wildman–Crippen LogP) is 2.61. The van der Waals surface area contributed by atoms with E-state index >= 15 is 0 Å². The van der Waals surface area contributed by atoms with Gasteiger partial charge in [-0.25, -0.2) is 0 Å². The number of nitro groups is 1. The minimum Gasteiger partial charge on any atom is -0.310 e. The molecule has 6 nitrogen and oxygen atoms in total. The van der Waals surface area contributed by atoms with E-state index in [0.29, 0.717) is 17.1 Å². The van der Waals surface area contributed by atoms with Crippen molar-refractivity contribution in [2.24, 2.45) is 0 Å². The number of nitro benzene ring substituents is 1. The van der Waals surface area contributed by atoms with Gasteiger partial charge in [-0.05, 0) is 19.0 Å². The van der Waals surface area contributed by atoms with E-state index in [1.165, 1.54) is 17.4 Å². The van der Waals surface area contributed by atoms with Crippen molar-refractivity contribution in [3.63, 3.8) is 0 Å². The van der Waals surface area contributed by atoms with Crippen molar-refractivity contribution in [1.82, 2.24) is 15.5 Å². The van der Waals surface area contributed by atoms with Crippen molar-refractivity contribution in [2.75, 3.05) is 6.54 Å². The molecule has 1 aromatic heterocycles. The fourth-order valence-corrected chi connectivity index (χ4v) is 2.46. The van der Waals surface area contributed by atoms with E-state index in [0.717, 1.165) is 18.0 Å². The molecule has 0 aliphatic carbocycles. The number of rotatable bonds is 6. The zero-order valence-corrected chi connectivity index (χ0v) is 11.3. The second kappa shape index (κ2) is 6.35. The Kier molecular flexibility index (Phi) is 4.53. The third-order valence-corrected chi connectivity index (χ3v) is 3.46. The Morgan fingerprint density at radius 1 is 1.37 bits per heavy atom. The van der Waals surface area contributed by atoms with Crippen LogP contribution in [0, 0.1) is 10.1 Å². The summed E-state index contributed by atoms with van der Waals surface area (Å²) in [7, 11) is 0. The van der Waals surface area contributed by atoms with Gasteiger partial charge < -0.3 is 5.32 Å². The van der Waals surface area contributed by atoms with E-state index in [-0.39, 0.29) is 5.69 Å². The molecular weight excluding hydrogens is 264 g/mol. The van der Waals surface area contributed by atoms with Crippen molar-refractivity contribution < 1.29 is 4.92 Å². The molecule has 1 N–H and O–H groups in total. The highest BCUT2D eigenvalue weighted by Crippen LogP contribution is 2.31. The van der Waals surface area contributed by atoms with Crippen LogP contribution >= 0.6 is 11.3 Å². The number of para-hydroxylation sites is 1. The first-order valence-corrected chi connectivity index (χ1v) is 6.81. The summed E-state index contributed by atoms with van der Waals surface area (Å²) in [4.78, 5) is 10.6. The molecule has 0 spiro atoms. The van der Waals surface area contributed by atoms with E-state index in [2.05, 4.69) is 22.4 Å². The number of hydrogen-bond donors (Lipinski definition) is 1. The van der Waals surface area contributed by atoms with Crippen LogP contribution in [0.4, 0.5) is 5.69 Å². The van der Waals surface area contributed by atoms with Gasteiger partial charge in [0, 0.05) is 12.6 Å². The fraction of sp³-hybridized carbons (Fsp3) is 0.333. The lowest BCUT2D eigenvalue weighted by atomic mass is 10.2. The first-order chi connectivity index (χ1) is 9.22. The highest BCUT2D eigenvalue weighted by molar-refractivity contribution is 7.14. The molecule has 0 aliphatic heterocycles. The Hall–Kier alpha value is -1.86. The van der Waals surface area contributed by atoms with Crippen molar-refractivity contribution >= 4 is 17.0 Å². The second-order valence-electron chi connectivity index (χ2n) is 3.95. The lowest BCUT2D eigenvalue weighted by molar-refractivity contribution is -0.384. The quantitative estimate of drug-likeness (QED) is 0.499. The van der Waals surface area contributed by atoms with Gasteiger partial charge in [-0.2, -0.15) is 0 Å². The SMILES string of the molecule is CCCNCc1nnc(-c2ccccc2[N+](=O)[O-])s1. The molecule has 0 bridgehead atoms. The summed E-state index contributed by atoms with van der Waals surface area (Å²) in [5.41, 5.74) is 0.582. The van der Waals surface area contributed by atoms with Gasteiger partial charge in [0.15, 0.2) is 5.01 Å². The smallest absolute Gasteiger partial charge is 0.279 e. The largest absolute Gasteiger partial charge is 0.310 e. The summed E-state index contributed by atoms with van der Waals surface area (Å²) in [6, 6.07) is 6.58. The van der Waals surface area contributed by atoms with Gasteiger partial charge in [0.1, 0.15) is 5.01 Å². The molecule has 0 atom stereocenters. The van der Waals surface area contributed by atoms with Gasteiger partial charge >= 0.3 is 0 Å². The predicted molar refractivity (Wildman–Crippen MR) is 74.0 cm³/mol. The number of nitrogens with zero attached hydrogens (tertiary/aromatic N) is 3. The van der Waals surface area contributed by atoms with Crippen LogP contribution in [0.3, 0.4) is 0 Å². The normalized spacial score (nSPS) is 10.6. The fourth-order valence-electron chi connectivity index (χ4n) is 1.62. The first kappa shape index (κ1) is 13.6. The summed E-state index contributed by atoms with van der Waals surface area (Å²) >= 11 is 1.38. The summed E-state index contributed by atoms with van der Waals surface area (Å²) in [6.45, 7) is 3.65. The van der Waals surface area contributed by atoms with Crippen molar-refractivity contribution in [2.45, 2.75) is 19.9 Å². The van der Waals surface area contributed by atoms with Crippen LogP contribution in [0.5, 0.6) is 0 Å². The Morgan fingerprint density at radius 3 is 2.89 bits per heavy atom. The minimum atomic E-state index is -0.397. The third-order valence-electron chi connectivity index (χ3n) is 2.50. The Labute approximate surface area is 114 Å². The molecule has 0 aliphatic rings. The van der Waals surface area contributed by atoms with Crippen molar-refractivity contribution in [3.05, 3.63) is 39.4 Å². The van der Waals surface area contributed by atoms with Gasteiger partial charge in [0.25, 0.3) is 5.69 Å². The maximum absolute atomic E-state index is 11.0. The van der Waals surface area contributed by atoms with Crippen LogP contribution < -0.4 is 5.32 Å². The van der Waals surface area contributed by atoms with E-state index in [1.807, 2.05) is 0 Å². The maximum Gasteiger partial charge on any atom is 0.279 e. The van der Waals surface area contributed by atoms with Crippen molar-refractivity contribution in [3.8, 4) is 10.6 Å². The molecular formula is C12H14N4O2S. The lowest BCUT2D eigenvalue weighted by Crippen LogP contribution is -2.13. The molecule has 0 saturated heterocycles. The average Bonchev–Trinajstić information content (AvgIpc) is 2.88. The number of benzene rings is 1. The van der Waals surface area contributed by atoms with E-state index in [9.17, 15) is 10.1 Å². The topological polar surface area (TPSA) is 81.0 Å². The molecule has 0 radical (unpaired) electrons. The molecule has 0 fully saturated rings. The molecule has 0 unspecified atom stereocenters. The molecule has 0 saturated carbocycles. The standard InChI is InChI=1S/C12H14N4O2S/c1-2-7-13-8-11-14-15-12(19-11)9-5-3-4-6-10(9)16(17)18/h3-6,13H,2,7-8H2,1H3. The minimum absolute atomic E-state index is 0.0618. The molecule has 1 aromatic carbocycles. The molecule has 2 rings (SSSR count). The molecule has 0 amide bonds. The van der Waals surface area contributed by atoms with Crippen LogP contribution in [0.25, 0.3) is 10.6 Å². The van der Waals surface area contributed by atoms with Crippen molar-refractivity contribution in [1.29, 1.82) is 0 Å². The molecule has 100 valence electrons.